The summed E-state index contributed by atoms with van der Waals surface area (Å²) in [5.74, 6) is 1.50. The van der Waals surface area contributed by atoms with Crippen molar-refractivity contribution in [3.05, 3.63) is 30.1 Å². The zero-order valence-electron chi connectivity index (χ0n) is 16.5. The Hall–Kier alpha value is -1.89. The Morgan fingerprint density at radius 3 is 2.57 bits per heavy atom. The first-order chi connectivity index (χ1) is 13.5. The number of carbonyl (C=O) groups excluding carboxylic acids is 1. The number of halogens is 1. The van der Waals surface area contributed by atoms with Crippen LogP contribution in [0.4, 0.5) is 4.39 Å². The number of hydrogen-bond acceptors (Lipinski definition) is 4. The van der Waals surface area contributed by atoms with E-state index in [1.165, 1.54) is 30.7 Å². The summed E-state index contributed by atoms with van der Waals surface area (Å²) >= 11 is 1.41. The van der Waals surface area contributed by atoms with Gasteiger partial charge in [-0.15, -0.1) is 10.2 Å². The van der Waals surface area contributed by atoms with Crippen LogP contribution in [0, 0.1) is 11.7 Å². The van der Waals surface area contributed by atoms with E-state index in [4.69, 9.17) is 0 Å². The molecule has 0 bridgehead atoms. The van der Waals surface area contributed by atoms with Crippen LogP contribution in [0.3, 0.4) is 0 Å². The third kappa shape index (κ3) is 4.09. The molecule has 1 aromatic carbocycles. The summed E-state index contributed by atoms with van der Waals surface area (Å²) in [7, 11) is 1.92. The van der Waals surface area contributed by atoms with Crippen molar-refractivity contribution in [1.29, 1.82) is 0 Å². The van der Waals surface area contributed by atoms with Crippen molar-refractivity contribution >= 4 is 17.7 Å². The van der Waals surface area contributed by atoms with E-state index in [2.05, 4.69) is 17.1 Å². The van der Waals surface area contributed by atoms with Crippen LogP contribution in [-0.4, -0.2) is 44.4 Å². The van der Waals surface area contributed by atoms with Gasteiger partial charge in [0, 0.05) is 19.1 Å². The van der Waals surface area contributed by atoms with Gasteiger partial charge in [-0.05, 0) is 56.6 Å². The second-order valence-corrected chi connectivity index (χ2v) is 9.04. The van der Waals surface area contributed by atoms with Gasteiger partial charge in [-0.2, -0.15) is 0 Å². The van der Waals surface area contributed by atoms with Gasteiger partial charge in [-0.1, -0.05) is 30.8 Å². The van der Waals surface area contributed by atoms with E-state index in [0.29, 0.717) is 34.4 Å². The highest BCUT2D eigenvalue weighted by Crippen LogP contribution is 2.41. The first kappa shape index (κ1) is 19.4. The molecule has 0 aliphatic heterocycles. The predicted molar refractivity (Wildman–Crippen MR) is 109 cm³/mol. The molecule has 1 amide bonds. The molecule has 0 atom stereocenters. The minimum Gasteiger partial charge on any atom is -0.342 e. The second-order valence-electron chi connectivity index (χ2n) is 8.09. The van der Waals surface area contributed by atoms with E-state index in [0.717, 1.165) is 31.6 Å². The average molecular weight is 403 g/mol. The van der Waals surface area contributed by atoms with Crippen LogP contribution in [0.15, 0.2) is 29.4 Å². The van der Waals surface area contributed by atoms with Gasteiger partial charge >= 0.3 is 0 Å². The van der Waals surface area contributed by atoms with E-state index in [1.807, 2.05) is 16.5 Å². The lowest BCUT2D eigenvalue weighted by Gasteiger charge is -2.33. The summed E-state index contributed by atoms with van der Waals surface area (Å²) in [6.07, 6.45) is 6.64. The summed E-state index contributed by atoms with van der Waals surface area (Å²) in [6.45, 7) is 2.28. The van der Waals surface area contributed by atoms with Gasteiger partial charge in [-0.25, -0.2) is 4.39 Å². The Kier molecular flexibility index (Phi) is 5.71. The van der Waals surface area contributed by atoms with Gasteiger partial charge in [0.05, 0.1) is 11.3 Å². The number of aromatic nitrogens is 3. The molecule has 2 fully saturated rings. The average Bonchev–Trinajstić information content (AvgIpc) is 3.46. The van der Waals surface area contributed by atoms with E-state index >= 15 is 0 Å². The van der Waals surface area contributed by atoms with E-state index in [1.54, 1.807) is 18.2 Å². The molecule has 5 nitrogen and oxygen atoms in total. The highest BCUT2D eigenvalue weighted by molar-refractivity contribution is 7.99. The number of benzene rings is 1. The molecule has 2 aliphatic rings. The molecule has 0 spiro atoms. The molecule has 0 N–H and O–H groups in total. The number of rotatable bonds is 6. The summed E-state index contributed by atoms with van der Waals surface area (Å²) < 4.78 is 16.3. The van der Waals surface area contributed by atoms with Crippen molar-refractivity contribution in [2.45, 2.75) is 62.7 Å². The van der Waals surface area contributed by atoms with Crippen LogP contribution in [0.5, 0.6) is 0 Å². The maximum absolute atomic E-state index is 14.3. The van der Waals surface area contributed by atoms with Crippen molar-refractivity contribution in [1.82, 2.24) is 19.7 Å². The minimum absolute atomic E-state index is 0.127. The highest BCUT2D eigenvalue weighted by atomic mass is 32.2. The fourth-order valence-electron chi connectivity index (χ4n) is 3.93. The molecule has 1 aromatic heterocycles. The lowest BCUT2D eigenvalue weighted by Crippen LogP contribution is -2.40. The molecular weight excluding hydrogens is 375 g/mol. The first-order valence-corrected chi connectivity index (χ1v) is 11.1. The number of amides is 1. The van der Waals surface area contributed by atoms with Gasteiger partial charge < -0.3 is 4.90 Å². The molecule has 0 unspecified atom stereocenters. The fraction of sp³-hybridized carbons (Fsp3) is 0.571. The molecule has 2 aliphatic carbocycles. The fourth-order valence-corrected chi connectivity index (χ4v) is 4.85. The van der Waals surface area contributed by atoms with Gasteiger partial charge in [0.1, 0.15) is 5.82 Å². The summed E-state index contributed by atoms with van der Waals surface area (Å²) in [4.78, 5) is 14.6. The standard InChI is InChI=1S/C21H27FN4OS/c1-14-7-9-15(10-8-14)25(2)19(27)13-28-21-24-23-20(26(21)16-11-12-16)17-5-3-4-6-18(17)22/h3-6,14-16H,7-13H2,1-2H3. The molecule has 2 aromatic rings. The summed E-state index contributed by atoms with van der Waals surface area (Å²) in [5, 5.41) is 9.25. The molecular formula is C21H27FN4OS. The van der Waals surface area contributed by atoms with Gasteiger partial charge in [0.15, 0.2) is 11.0 Å². The third-order valence-corrected chi connectivity index (χ3v) is 6.87. The zero-order chi connectivity index (χ0) is 19.7. The zero-order valence-corrected chi connectivity index (χ0v) is 17.3. The number of thioether (sulfide) groups is 1. The summed E-state index contributed by atoms with van der Waals surface area (Å²) in [6, 6.07) is 7.31. The number of nitrogens with zero attached hydrogens (tertiary/aromatic N) is 4. The topological polar surface area (TPSA) is 51.0 Å². The van der Waals surface area contributed by atoms with E-state index in [-0.39, 0.29) is 11.7 Å². The molecule has 0 saturated heterocycles. The maximum atomic E-state index is 14.3. The molecule has 28 heavy (non-hydrogen) atoms. The van der Waals surface area contributed by atoms with Crippen LogP contribution in [0.2, 0.25) is 0 Å². The van der Waals surface area contributed by atoms with Crippen LogP contribution in [0.1, 0.15) is 51.5 Å². The van der Waals surface area contributed by atoms with E-state index < -0.39 is 0 Å². The van der Waals surface area contributed by atoms with Crippen LogP contribution in [0.25, 0.3) is 11.4 Å². The third-order valence-electron chi connectivity index (χ3n) is 5.94. The van der Waals surface area contributed by atoms with Gasteiger partial charge in [0.25, 0.3) is 0 Å². The molecule has 7 heteroatoms. The second kappa shape index (κ2) is 8.23. The van der Waals surface area contributed by atoms with Crippen molar-refractivity contribution in [3.8, 4) is 11.4 Å². The predicted octanol–water partition coefficient (Wildman–Crippen LogP) is 4.55. The first-order valence-electron chi connectivity index (χ1n) is 10.1. The lowest BCUT2D eigenvalue weighted by atomic mass is 9.87. The van der Waals surface area contributed by atoms with Gasteiger partial charge in [-0.3, -0.25) is 9.36 Å². The number of hydrogen-bond donors (Lipinski definition) is 0. The lowest BCUT2D eigenvalue weighted by molar-refractivity contribution is -0.129. The van der Waals surface area contributed by atoms with Crippen molar-refractivity contribution < 1.29 is 9.18 Å². The molecule has 150 valence electrons. The largest absolute Gasteiger partial charge is 0.342 e. The number of carbonyl (C=O) groups is 1. The van der Waals surface area contributed by atoms with Crippen LogP contribution < -0.4 is 0 Å². The molecule has 4 rings (SSSR count). The minimum atomic E-state index is -0.296. The highest BCUT2D eigenvalue weighted by Gasteiger charge is 2.31. The SMILES string of the molecule is CC1CCC(N(C)C(=O)CSc2nnc(-c3ccccc3F)n2C2CC2)CC1. The Balaban J connectivity index is 1.45. The van der Waals surface area contributed by atoms with Crippen LogP contribution in [-0.2, 0) is 4.79 Å². The van der Waals surface area contributed by atoms with E-state index in [9.17, 15) is 9.18 Å². The monoisotopic (exact) mass is 402 g/mol. The molecule has 0 radical (unpaired) electrons. The molecule has 1 heterocycles. The maximum Gasteiger partial charge on any atom is 0.233 e. The normalized spacial score (nSPS) is 22.2. The van der Waals surface area contributed by atoms with Crippen LogP contribution >= 0.6 is 11.8 Å². The Morgan fingerprint density at radius 2 is 1.89 bits per heavy atom. The Labute approximate surface area is 169 Å². The summed E-state index contributed by atoms with van der Waals surface area (Å²) in [5.41, 5.74) is 0.466. The molecule has 2 saturated carbocycles. The Morgan fingerprint density at radius 1 is 1.18 bits per heavy atom. The van der Waals surface area contributed by atoms with Crippen molar-refractivity contribution in [2.24, 2.45) is 5.92 Å². The Bertz CT molecular complexity index is 843. The van der Waals surface area contributed by atoms with Gasteiger partial charge in [0.2, 0.25) is 5.91 Å². The smallest absolute Gasteiger partial charge is 0.233 e. The quantitative estimate of drug-likeness (QED) is 0.665. The van der Waals surface area contributed by atoms with Crippen molar-refractivity contribution in [3.63, 3.8) is 0 Å². The van der Waals surface area contributed by atoms with Crippen molar-refractivity contribution in [2.75, 3.05) is 12.8 Å².